The molecular weight excluding hydrogens is 194 g/mol. The lowest BCUT2D eigenvalue weighted by molar-refractivity contribution is 0.218. The van der Waals surface area contributed by atoms with Gasteiger partial charge in [-0.3, -0.25) is 0 Å². The summed E-state index contributed by atoms with van der Waals surface area (Å²) in [7, 11) is 1.76. The van der Waals surface area contributed by atoms with E-state index in [9.17, 15) is 0 Å². The van der Waals surface area contributed by atoms with Crippen LogP contribution in [0.25, 0.3) is 0 Å². The summed E-state index contributed by atoms with van der Waals surface area (Å²) in [6.45, 7) is 6.49. The van der Waals surface area contributed by atoms with Gasteiger partial charge >= 0.3 is 0 Å². The average Bonchev–Trinajstić information content (AvgIpc) is 2.20. The standard InChI is InChI=1S/C11H25NOS/c1-4-6-11(12-7-5-2)10-14-9-8-13-3/h11-12H,4-10H2,1-3H3. The largest absolute Gasteiger partial charge is 0.384 e. The number of thioether (sulfide) groups is 1. The summed E-state index contributed by atoms with van der Waals surface area (Å²) in [6, 6.07) is 0.696. The van der Waals surface area contributed by atoms with Gasteiger partial charge in [0.25, 0.3) is 0 Å². The maximum atomic E-state index is 5.02. The quantitative estimate of drug-likeness (QED) is 0.571. The number of hydrogen-bond acceptors (Lipinski definition) is 3. The van der Waals surface area contributed by atoms with Crippen molar-refractivity contribution < 1.29 is 4.74 Å². The first kappa shape index (κ1) is 14.3. The zero-order chi connectivity index (χ0) is 10.6. The van der Waals surface area contributed by atoms with E-state index in [-0.39, 0.29) is 0 Å². The molecule has 0 radical (unpaired) electrons. The van der Waals surface area contributed by atoms with Gasteiger partial charge in [-0.25, -0.2) is 0 Å². The first-order valence-electron chi connectivity index (χ1n) is 5.65. The van der Waals surface area contributed by atoms with E-state index in [1.54, 1.807) is 7.11 Å². The van der Waals surface area contributed by atoms with Crippen LogP contribution in [0.2, 0.25) is 0 Å². The Hall–Kier alpha value is 0.270. The van der Waals surface area contributed by atoms with Crippen molar-refractivity contribution in [2.24, 2.45) is 0 Å². The molecule has 0 aromatic carbocycles. The smallest absolute Gasteiger partial charge is 0.0552 e. The molecule has 14 heavy (non-hydrogen) atoms. The number of ether oxygens (including phenoxy) is 1. The van der Waals surface area contributed by atoms with Crippen LogP contribution in [0.1, 0.15) is 33.1 Å². The number of rotatable bonds is 10. The molecule has 0 rings (SSSR count). The van der Waals surface area contributed by atoms with Crippen molar-refractivity contribution in [2.45, 2.75) is 39.2 Å². The van der Waals surface area contributed by atoms with Crippen LogP contribution in [0.4, 0.5) is 0 Å². The van der Waals surface area contributed by atoms with Gasteiger partial charge in [-0.2, -0.15) is 11.8 Å². The molecule has 86 valence electrons. The Morgan fingerprint density at radius 1 is 1.29 bits per heavy atom. The second kappa shape index (κ2) is 11.3. The molecule has 0 fully saturated rings. The highest BCUT2D eigenvalue weighted by Gasteiger charge is 2.05. The molecule has 0 aliphatic carbocycles. The first-order valence-corrected chi connectivity index (χ1v) is 6.80. The van der Waals surface area contributed by atoms with Crippen molar-refractivity contribution in [1.82, 2.24) is 5.32 Å². The highest BCUT2D eigenvalue weighted by atomic mass is 32.2. The van der Waals surface area contributed by atoms with Gasteiger partial charge in [0.1, 0.15) is 0 Å². The Morgan fingerprint density at radius 3 is 2.64 bits per heavy atom. The van der Waals surface area contributed by atoms with Crippen LogP contribution in [0.15, 0.2) is 0 Å². The fourth-order valence-corrected chi connectivity index (χ4v) is 2.33. The van der Waals surface area contributed by atoms with Crippen LogP contribution in [0.3, 0.4) is 0 Å². The summed E-state index contributed by atoms with van der Waals surface area (Å²) in [5.74, 6) is 2.34. The van der Waals surface area contributed by atoms with E-state index in [0.29, 0.717) is 6.04 Å². The fourth-order valence-electron chi connectivity index (χ4n) is 1.31. The second-order valence-corrected chi connectivity index (χ2v) is 4.66. The minimum absolute atomic E-state index is 0.696. The Kier molecular flexibility index (Phi) is 11.6. The number of nitrogens with one attached hydrogen (secondary N) is 1. The van der Waals surface area contributed by atoms with E-state index in [1.165, 1.54) is 25.0 Å². The predicted octanol–water partition coefficient (Wildman–Crippen LogP) is 2.53. The third-order valence-electron chi connectivity index (χ3n) is 2.07. The van der Waals surface area contributed by atoms with Gasteiger partial charge in [-0.05, 0) is 19.4 Å². The lowest BCUT2D eigenvalue weighted by atomic mass is 10.2. The number of methoxy groups -OCH3 is 1. The predicted molar refractivity (Wildman–Crippen MR) is 66.2 cm³/mol. The summed E-state index contributed by atoms with van der Waals surface area (Å²) < 4.78 is 5.02. The van der Waals surface area contributed by atoms with Crippen LogP contribution in [-0.4, -0.2) is 37.8 Å². The highest BCUT2D eigenvalue weighted by Crippen LogP contribution is 2.07. The number of hydrogen-bond donors (Lipinski definition) is 1. The Bertz CT molecular complexity index is 111. The van der Waals surface area contributed by atoms with Gasteiger partial charge in [0.2, 0.25) is 0 Å². The van der Waals surface area contributed by atoms with Gasteiger partial charge in [-0.1, -0.05) is 20.3 Å². The topological polar surface area (TPSA) is 21.3 Å². The SMILES string of the molecule is CCCNC(CCC)CSCCOC. The average molecular weight is 219 g/mol. The molecule has 0 aliphatic heterocycles. The monoisotopic (exact) mass is 219 g/mol. The summed E-state index contributed by atoms with van der Waals surface area (Å²) >= 11 is 1.99. The summed E-state index contributed by atoms with van der Waals surface area (Å²) in [5.41, 5.74) is 0. The zero-order valence-corrected chi connectivity index (χ0v) is 10.7. The van der Waals surface area contributed by atoms with Crippen molar-refractivity contribution in [1.29, 1.82) is 0 Å². The molecule has 1 atom stereocenters. The molecule has 0 aromatic heterocycles. The zero-order valence-electron chi connectivity index (χ0n) is 9.84. The van der Waals surface area contributed by atoms with E-state index < -0.39 is 0 Å². The first-order chi connectivity index (χ1) is 6.85. The van der Waals surface area contributed by atoms with Gasteiger partial charge in [0, 0.05) is 24.7 Å². The molecule has 3 heteroatoms. The fraction of sp³-hybridized carbons (Fsp3) is 1.00. The Morgan fingerprint density at radius 2 is 2.07 bits per heavy atom. The van der Waals surface area contributed by atoms with Crippen molar-refractivity contribution in [3.8, 4) is 0 Å². The maximum absolute atomic E-state index is 5.02. The highest BCUT2D eigenvalue weighted by molar-refractivity contribution is 7.99. The van der Waals surface area contributed by atoms with Gasteiger partial charge < -0.3 is 10.1 Å². The second-order valence-electron chi connectivity index (χ2n) is 3.51. The minimum atomic E-state index is 0.696. The lowest BCUT2D eigenvalue weighted by Crippen LogP contribution is -2.32. The van der Waals surface area contributed by atoms with E-state index in [1.807, 2.05) is 11.8 Å². The van der Waals surface area contributed by atoms with Gasteiger partial charge in [0.15, 0.2) is 0 Å². The summed E-state index contributed by atoms with van der Waals surface area (Å²) in [5, 5.41) is 3.59. The minimum Gasteiger partial charge on any atom is -0.384 e. The molecule has 0 saturated heterocycles. The van der Waals surface area contributed by atoms with Gasteiger partial charge in [-0.15, -0.1) is 0 Å². The Labute approximate surface area is 93.2 Å². The van der Waals surface area contributed by atoms with Crippen molar-refractivity contribution >= 4 is 11.8 Å². The third-order valence-corrected chi connectivity index (χ3v) is 3.16. The van der Waals surface area contributed by atoms with E-state index in [0.717, 1.165) is 18.9 Å². The maximum Gasteiger partial charge on any atom is 0.0552 e. The molecule has 0 heterocycles. The molecular formula is C11H25NOS. The summed E-state index contributed by atoms with van der Waals surface area (Å²) in [4.78, 5) is 0. The van der Waals surface area contributed by atoms with E-state index >= 15 is 0 Å². The molecule has 0 saturated carbocycles. The lowest BCUT2D eigenvalue weighted by Gasteiger charge is -2.17. The molecule has 0 spiro atoms. The van der Waals surface area contributed by atoms with Crippen molar-refractivity contribution in [2.75, 3.05) is 31.8 Å². The normalized spacial score (nSPS) is 13.1. The van der Waals surface area contributed by atoms with Crippen LogP contribution in [0, 0.1) is 0 Å². The van der Waals surface area contributed by atoms with E-state index in [4.69, 9.17) is 4.74 Å². The van der Waals surface area contributed by atoms with Crippen LogP contribution in [-0.2, 0) is 4.74 Å². The Balaban J connectivity index is 3.40. The molecule has 1 N–H and O–H groups in total. The van der Waals surface area contributed by atoms with Crippen LogP contribution in [0.5, 0.6) is 0 Å². The van der Waals surface area contributed by atoms with Crippen LogP contribution >= 0.6 is 11.8 Å². The molecule has 0 amide bonds. The van der Waals surface area contributed by atoms with Crippen molar-refractivity contribution in [3.63, 3.8) is 0 Å². The van der Waals surface area contributed by atoms with Crippen molar-refractivity contribution in [3.05, 3.63) is 0 Å². The molecule has 0 bridgehead atoms. The molecule has 1 unspecified atom stereocenters. The van der Waals surface area contributed by atoms with Crippen LogP contribution < -0.4 is 5.32 Å². The summed E-state index contributed by atoms with van der Waals surface area (Å²) in [6.07, 6.45) is 3.79. The van der Waals surface area contributed by atoms with Gasteiger partial charge in [0.05, 0.1) is 6.61 Å². The molecule has 0 aliphatic rings. The van der Waals surface area contributed by atoms with E-state index in [2.05, 4.69) is 19.2 Å². The third kappa shape index (κ3) is 8.85. The molecule has 0 aromatic rings. The molecule has 2 nitrogen and oxygen atoms in total.